The molecule has 0 saturated heterocycles. The Bertz CT molecular complexity index is 140. The molecular formula is C8H10O2. The predicted molar refractivity (Wildman–Crippen MR) is 39.3 cm³/mol. The van der Waals surface area contributed by atoms with Gasteiger partial charge in [0.05, 0.1) is 0 Å². The van der Waals surface area contributed by atoms with Crippen LogP contribution in [0.2, 0.25) is 0 Å². The van der Waals surface area contributed by atoms with Crippen LogP contribution in [-0.4, -0.2) is 13.2 Å². The number of hydrogen-bond acceptors (Lipinski definition) is 2. The van der Waals surface area contributed by atoms with Crippen LogP contribution >= 0.6 is 0 Å². The first-order valence-electron chi connectivity index (χ1n) is 2.83. The molecular weight excluding hydrogens is 128 g/mol. The molecule has 0 heterocycles. The molecule has 0 N–H and O–H groups in total. The Labute approximate surface area is 60.8 Å². The maximum absolute atomic E-state index is 4.84. The molecule has 54 valence electrons. The van der Waals surface area contributed by atoms with Crippen molar-refractivity contribution in [2.75, 3.05) is 13.2 Å². The van der Waals surface area contributed by atoms with E-state index in [0.717, 1.165) is 0 Å². The van der Waals surface area contributed by atoms with Gasteiger partial charge in [-0.3, -0.25) is 0 Å². The molecule has 0 aromatic rings. The fraction of sp³-hybridized carbons (Fsp3) is 0.250. The van der Waals surface area contributed by atoms with Crippen LogP contribution in [0, 0.1) is 0 Å². The molecule has 0 bridgehead atoms. The van der Waals surface area contributed by atoms with E-state index in [0.29, 0.717) is 13.2 Å². The molecule has 0 aromatic heterocycles. The summed E-state index contributed by atoms with van der Waals surface area (Å²) in [5, 5.41) is 0. The molecule has 0 fully saturated rings. The fourth-order valence-electron chi connectivity index (χ4n) is 0.332. The standard InChI is InChI=1S/C8H10O2/c1-3-5-9-7-8-10-6-4-2/h5-6H,1-2,7-8H2. The van der Waals surface area contributed by atoms with E-state index in [4.69, 9.17) is 9.47 Å². The van der Waals surface area contributed by atoms with E-state index in [1.54, 1.807) is 0 Å². The van der Waals surface area contributed by atoms with Crippen LogP contribution in [-0.2, 0) is 9.47 Å². The summed E-state index contributed by atoms with van der Waals surface area (Å²) in [6.45, 7) is 7.61. The summed E-state index contributed by atoms with van der Waals surface area (Å²) in [6, 6.07) is 0. The predicted octanol–water partition coefficient (Wildman–Crippen LogP) is 1.62. The molecule has 0 saturated carbocycles. The van der Waals surface area contributed by atoms with Crippen LogP contribution in [0.25, 0.3) is 0 Å². The molecule has 2 nitrogen and oxygen atoms in total. The summed E-state index contributed by atoms with van der Waals surface area (Å²) >= 11 is 0. The van der Waals surface area contributed by atoms with Crippen molar-refractivity contribution < 1.29 is 9.47 Å². The largest absolute Gasteiger partial charge is 0.489 e. The zero-order valence-electron chi connectivity index (χ0n) is 5.80. The van der Waals surface area contributed by atoms with Crippen LogP contribution in [0.15, 0.2) is 37.1 Å². The fourth-order valence-corrected chi connectivity index (χ4v) is 0.332. The number of rotatable bonds is 5. The highest BCUT2D eigenvalue weighted by molar-refractivity contribution is 4.65. The van der Waals surface area contributed by atoms with Gasteiger partial charge in [-0.1, -0.05) is 24.6 Å². The lowest BCUT2D eigenvalue weighted by Gasteiger charge is -1.97. The molecule has 10 heavy (non-hydrogen) atoms. The van der Waals surface area contributed by atoms with E-state index in [1.807, 2.05) is 0 Å². The van der Waals surface area contributed by atoms with Gasteiger partial charge < -0.3 is 9.47 Å². The van der Waals surface area contributed by atoms with E-state index >= 15 is 0 Å². The Morgan fingerprint density at radius 1 is 1.00 bits per heavy atom. The Morgan fingerprint density at radius 3 is 1.70 bits per heavy atom. The van der Waals surface area contributed by atoms with Crippen LogP contribution in [0.3, 0.4) is 0 Å². The van der Waals surface area contributed by atoms with Gasteiger partial charge in [0, 0.05) is 0 Å². The summed E-state index contributed by atoms with van der Waals surface area (Å²) in [5.41, 5.74) is 4.94. The van der Waals surface area contributed by atoms with Gasteiger partial charge in [-0.2, -0.15) is 0 Å². The maximum Gasteiger partial charge on any atom is 0.125 e. The molecule has 0 radical (unpaired) electrons. The SMILES string of the molecule is C=C=COCCOC=C=C. The van der Waals surface area contributed by atoms with Gasteiger partial charge >= 0.3 is 0 Å². The summed E-state index contributed by atoms with van der Waals surface area (Å²) in [4.78, 5) is 0. The van der Waals surface area contributed by atoms with Gasteiger partial charge in [0.2, 0.25) is 0 Å². The minimum absolute atomic E-state index is 0.487. The molecule has 0 aromatic carbocycles. The van der Waals surface area contributed by atoms with Crippen molar-refractivity contribution in [3.63, 3.8) is 0 Å². The first-order chi connectivity index (χ1) is 4.91. The Kier molecular flexibility index (Phi) is 6.60. The van der Waals surface area contributed by atoms with Crippen molar-refractivity contribution in [1.29, 1.82) is 0 Å². The van der Waals surface area contributed by atoms with Crippen molar-refractivity contribution in [1.82, 2.24) is 0 Å². The smallest absolute Gasteiger partial charge is 0.125 e. The number of hydrogen-bond donors (Lipinski definition) is 0. The van der Waals surface area contributed by atoms with Crippen molar-refractivity contribution in [2.45, 2.75) is 0 Å². The molecule has 0 aliphatic rings. The van der Waals surface area contributed by atoms with E-state index in [9.17, 15) is 0 Å². The summed E-state index contributed by atoms with van der Waals surface area (Å²) in [7, 11) is 0. The molecule has 0 spiro atoms. The van der Waals surface area contributed by atoms with E-state index in [2.05, 4.69) is 24.6 Å². The Hall–Kier alpha value is -1.36. The van der Waals surface area contributed by atoms with Crippen molar-refractivity contribution >= 4 is 0 Å². The Balaban J connectivity index is 3.04. The zero-order chi connectivity index (χ0) is 7.66. The highest BCUT2D eigenvalue weighted by atomic mass is 16.5. The zero-order valence-corrected chi connectivity index (χ0v) is 5.80. The van der Waals surface area contributed by atoms with Gasteiger partial charge in [-0.15, -0.1) is 0 Å². The minimum atomic E-state index is 0.487. The normalized spacial score (nSPS) is 6.80. The summed E-state index contributed by atoms with van der Waals surface area (Å²) < 4.78 is 9.68. The Morgan fingerprint density at radius 2 is 1.40 bits per heavy atom. The van der Waals surface area contributed by atoms with E-state index < -0.39 is 0 Å². The van der Waals surface area contributed by atoms with Gasteiger partial charge in [-0.05, 0) is 0 Å². The first kappa shape index (κ1) is 8.64. The quantitative estimate of drug-likeness (QED) is 0.326. The highest BCUT2D eigenvalue weighted by Gasteiger charge is 1.78. The first-order valence-corrected chi connectivity index (χ1v) is 2.83. The van der Waals surface area contributed by atoms with Crippen molar-refractivity contribution in [3.8, 4) is 0 Å². The third-order valence-electron chi connectivity index (χ3n) is 0.652. The van der Waals surface area contributed by atoms with Crippen LogP contribution in [0.5, 0.6) is 0 Å². The minimum Gasteiger partial charge on any atom is -0.489 e. The molecule has 0 amide bonds. The molecule has 0 aliphatic carbocycles. The van der Waals surface area contributed by atoms with Crippen LogP contribution < -0.4 is 0 Å². The van der Waals surface area contributed by atoms with E-state index in [-0.39, 0.29) is 0 Å². The van der Waals surface area contributed by atoms with Gasteiger partial charge in [-0.25, -0.2) is 0 Å². The third kappa shape index (κ3) is 6.64. The second-order valence-corrected chi connectivity index (χ2v) is 1.39. The van der Waals surface area contributed by atoms with Crippen LogP contribution in [0.1, 0.15) is 0 Å². The molecule has 0 atom stereocenters. The lowest BCUT2D eigenvalue weighted by Crippen LogP contribution is -1.95. The van der Waals surface area contributed by atoms with Gasteiger partial charge in [0.1, 0.15) is 25.7 Å². The second kappa shape index (κ2) is 7.64. The number of ether oxygens (including phenoxy) is 2. The highest BCUT2D eigenvalue weighted by Crippen LogP contribution is 1.78. The lowest BCUT2D eigenvalue weighted by molar-refractivity contribution is 0.150. The van der Waals surface area contributed by atoms with Crippen LogP contribution in [0.4, 0.5) is 0 Å². The molecule has 0 unspecified atom stereocenters. The van der Waals surface area contributed by atoms with Crippen molar-refractivity contribution in [2.24, 2.45) is 0 Å². The van der Waals surface area contributed by atoms with Gasteiger partial charge in [0.15, 0.2) is 0 Å². The van der Waals surface area contributed by atoms with Crippen molar-refractivity contribution in [3.05, 3.63) is 37.1 Å². The monoisotopic (exact) mass is 138 g/mol. The average molecular weight is 138 g/mol. The van der Waals surface area contributed by atoms with E-state index in [1.165, 1.54) is 12.5 Å². The maximum atomic E-state index is 4.84. The second-order valence-electron chi connectivity index (χ2n) is 1.39. The summed E-state index contributed by atoms with van der Waals surface area (Å²) in [6.07, 6.45) is 2.78. The summed E-state index contributed by atoms with van der Waals surface area (Å²) in [5.74, 6) is 0. The topological polar surface area (TPSA) is 18.5 Å². The van der Waals surface area contributed by atoms with Gasteiger partial charge in [0.25, 0.3) is 0 Å². The molecule has 0 rings (SSSR count). The molecule has 0 aliphatic heterocycles. The average Bonchev–Trinajstić information content (AvgIpc) is 1.97. The lowest BCUT2D eigenvalue weighted by atomic mass is 10.7. The third-order valence-corrected chi connectivity index (χ3v) is 0.652. The molecule has 2 heteroatoms.